The van der Waals surface area contributed by atoms with Gasteiger partial charge in [0.2, 0.25) is 0 Å². The number of hydrogen-bond acceptors (Lipinski definition) is 4. The second-order valence-electron chi connectivity index (χ2n) is 3.08. The highest BCUT2D eigenvalue weighted by atomic mass is 35.5. The molecule has 0 saturated heterocycles. The Bertz CT molecular complexity index is 517. The van der Waals surface area contributed by atoms with Crippen LogP contribution in [-0.2, 0) is 4.79 Å². The third-order valence-electron chi connectivity index (χ3n) is 1.79. The van der Waals surface area contributed by atoms with Crippen molar-refractivity contribution in [3.8, 4) is 11.5 Å². The number of esters is 1. The SMILES string of the molecule is N=C(N)c1ccc(O)c(Cl)c1OC(=O)C(F)(F)F. The molecule has 0 spiro atoms. The molecule has 0 heterocycles. The number of phenols is 1. The summed E-state index contributed by atoms with van der Waals surface area (Å²) < 4.78 is 40.1. The van der Waals surface area contributed by atoms with Crippen molar-refractivity contribution >= 4 is 23.4 Å². The molecule has 0 aliphatic carbocycles. The summed E-state index contributed by atoms with van der Waals surface area (Å²) in [6.07, 6.45) is -5.23. The van der Waals surface area contributed by atoms with Crippen molar-refractivity contribution in [2.24, 2.45) is 5.73 Å². The van der Waals surface area contributed by atoms with Gasteiger partial charge < -0.3 is 15.6 Å². The third-order valence-corrected chi connectivity index (χ3v) is 2.16. The summed E-state index contributed by atoms with van der Waals surface area (Å²) in [6, 6.07) is 2.01. The largest absolute Gasteiger partial charge is 0.506 e. The lowest BCUT2D eigenvalue weighted by Crippen LogP contribution is -2.29. The molecule has 1 aromatic carbocycles. The number of nitrogen functional groups attached to an aromatic ring is 1. The molecular formula is C9H6ClF3N2O3. The molecule has 0 aromatic heterocycles. The number of carbonyl (C=O) groups is 1. The Labute approximate surface area is 103 Å². The molecule has 0 aliphatic heterocycles. The van der Waals surface area contributed by atoms with Crippen molar-refractivity contribution < 1.29 is 27.8 Å². The molecule has 4 N–H and O–H groups in total. The van der Waals surface area contributed by atoms with E-state index in [-0.39, 0.29) is 5.56 Å². The fourth-order valence-electron chi connectivity index (χ4n) is 1.01. The van der Waals surface area contributed by atoms with Gasteiger partial charge in [-0.2, -0.15) is 13.2 Å². The van der Waals surface area contributed by atoms with Crippen LogP contribution in [0.2, 0.25) is 5.02 Å². The summed E-state index contributed by atoms with van der Waals surface area (Å²) in [7, 11) is 0. The highest BCUT2D eigenvalue weighted by molar-refractivity contribution is 6.34. The third kappa shape index (κ3) is 2.83. The standard InChI is InChI=1S/C9H6ClF3N2O3/c10-5-4(16)2-1-3(7(14)15)6(5)18-8(17)9(11,12)13/h1-2,16H,(H3,14,15). The number of nitrogens with two attached hydrogens (primary N) is 1. The van der Waals surface area contributed by atoms with Gasteiger partial charge in [-0.15, -0.1) is 0 Å². The van der Waals surface area contributed by atoms with Crippen LogP contribution in [-0.4, -0.2) is 23.1 Å². The molecule has 9 heteroatoms. The van der Waals surface area contributed by atoms with Gasteiger partial charge in [0, 0.05) is 0 Å². The van der Waals surface area contributed by atoms with Crippen LogP contribution in [0, 0.1) is 5.41 Å². The van der Waals surface area contributed by atoms with Gasteiger partial charge in [0.15, 0.2) is 5.75 Å². The van der Waals surface area contributed by atoms with Crippen LogP contribution in [0.4, 0.5) is 13.2 Å². The average Bonchev–Trinajstić information content (AvgIpc) is 2.23. The number of halogens is 4. The summed E-state index contributed by atoms with van der Waals surface area (Å²) in [6.45, 7) is 0. The number of rotatable bonds is 2. The predicted molar refractivity (Wildman–Crippen MR) is 55.8 cm³/mol. The first kappa shape index (κ1) is 14.1. The zero-order valence-electron chi connectivity index (χ0n) is 8.51. The Morgan fingerprint density at radius 2 is 2.00 bits per heavy atom. The van der Waals surface area contributed by atoms with Crippen LogP contribution in [0.5, 0.6) is 11.5 Å². The number of amidine groups is 1. The van der Waals surface area contributed by atoms with Crippen LogP contribution in [0.15, 0.2) is 12.1 Å². The zero-order chi connectivity index (χ0) is 14.1. The van der Waals surface area contributed by atoms with E-state index in [0.717, 1.165) is 12.1 Å². The van der Waals surface area contributed by atoms with E-state index < -0.39 is 34.5 Å². The molecule has 0 radical (unpaired) electrons. The number of aromatic hydroxyl groups is 1. The highest BCUT2D eigenvalue weighted by Crippen LogP contribution is 2.37. The lowest BCUT2D eigenvalue weighted by Gasteiger charge is -2.12. The molecule has 18 heavy (non-hydrogen) atoms. The Hall–Kier alpha value is -1.96. The fraction of sp³-hybridized carbons (Fsp3) is 0.111. The number of phenolic OH excluding ortho intramolecular Hbond substituents is 1. The maximum atomic E-state index is 12.0. The Balaban J connectivity index is 3.26. The number of alkyl halides is 3. The number of nitrogens with one attached hydrogen (secondary N) is 1. The first-order valence-electron chi connectivity index (χ1n) is 4.29. The minimum absolute atomic E-state index is 0.338. The second kappa shape index (κ2) is 4.73. The fourth-order valence-corrected chi connectivity index (χ4v) is 1.21. The average molecular weight is 283 g/mol. The van der Waals surface area contributed by atoms with Crippen molar-refractivity contribution in [2.75, 3.05) is 0 Å². The summed E-state index contributed by atoms with van der Waals surface area (Å²) >= 11 is 5.49. The molecule has 0 amide bonds. The molecule has 0 fully saturated rings. The van der Waals surface area contributed by atoms with Crippen LogP contribution in [0.25, 0.3) is 0 Å². The van der Waals surface area contributed by atoms with Gasteiger partial charge in [-0.05, 0) is 12.1 Å². The van der Waals surface area contributed by atoms with Crippen LogP contribution in [0.3, 0.4) is 0 Å². The van der Waals surface area contributed by atoms with E-state index >= 15 is 0 Å². The van der Waals surface area contributed by atoms with E-state index in [4.69, 9.17) is 22.7 Å². The predicted octanol–water partition coefficient (Wildman–Crippen LogP) is 1.80. The number of ether oxygens (including phenoxy) is 1. The molecule has 0 aliphatic rings. The Kier molecular flexibility index (Phi) is 3.70. The maximum absolute atomic E-state index is 12.0. The van der Waals surface area contributed by atoms with E-state index in [0.29, 0.717) is 0 Å². The van der Waals surface area contributed by atoms with Gasteiger partial charge in [0.1, 0.15) is 16.6 Å². The highest BCUT2D eigenvalue weighted by Gasteiger charge is 2.42. The Morgan fingerprint density at radius 3 is 2.44 bits per heavy atom. The van der Waals surface area contributed by atoms with E-state index in [9.17, 15) is 23.1 Å². The smallest absolute Gasteiger partial charge is 0.491 e. The van der Waals surface area contributed by atoms with Gasteiger partial charge >= 0.3 is 12.1 Å². The zero-order valence-corrected chi connectivity index (χ0v) is 9.26. The monoisotopic (exact) mass is 282 g/mol. The number of carbonyl (C=O) groups excluding carboxylic acids is 1. The first-order valence-corrected chi connectivity index (χ1v) is 4.67. The van der Waals surface area contributed by atoms with Gasteiger partial charge in [-0.3, -0.25) is 5.41 Å². The van der Waals surface area contributed by atoms with Gasteiger partial charge in [0.05, 0.1) is 5.56 Å². The van der Waals surface area contributed by atoms with Crippen molar-refractivity contribution in [3.05, 3.63) is 22.7 Å². The Morgan fingerprint density at radius 1 is 1.44 bits per heavy atom. The molecule has 0 bridgehead atoms. The normalized spacial score (nSPS) is 11.1. The minimum Gasteiger partial charge on any atom is -0.506 e. The number of hydrogen-bond donors (Lipinski definition) is 3. The quantitative estimate of drug-likeness (QED) is 0.333. The summed E-state index contributed by atoms with van der Waals surface area (Å²) in [4.78, 5) is 10.7. The molecule has 0 saturated carbocycles. The lowest BCUT2D eigenvalue weighted by molar-refractivity contribution is -0.189. The van der Waals surface area contributed by atoms with Crippen molar-refractivity contribution in [1.82, 2.24) is 0 Å². The molecule has 0 atom stereocenters. The topological polar surface area (TPSA) is 96.4 Å². The molecule has 0 unspecified atom stereocenters. The van der Waals surface area contributed by atoms with E-state index in [2.05, 4.69) is 4.74 Å². The summed E-state index contributed by atoms with van der Waals surface area (Å²) in [5, 5.41) is 15.7. The summed E-state index contributed by atoms with van der Waals surface area (Å²) in [5.41, 5.74) is 4.75. The van der Waals surface area contributed by atoms with E-state index in [1.165, 1.54) is 0 Å². The number of benzene rings is 1. The van der Waals surface area contributed by atoms with Gasteiger partial charge in [0.25, 0.3) is 0 Å². The molecule has 5 nitrogen and oxygen atoms in total. The first-order chi connectivity index (χ1) is 8.14. The summed E-state index contributed by atoms with van der Waals surface area (Å²) in [5.74, 6) is -4.61. The molecule has 1 rings (SSSR count). The van der Waals surface area contributed by atoms with E-state index in [1.54, 1.807) is 0 Å². The van der Waals surface area contributed by atoms with E-state index in [1.807, 2.05) is 0 Å². The van der Waals surface area contributed by atoms with Crippen LogP contribution in [0.1, 0.15) is 5.56 Å². The lowest BCUT2D eigenvalue weighted by atomic mass is 10.1. The van der Waals surface area contributed by atoms with Crippen molar-refractivity contribution in [3.63, 3.8) is 0 Å². The molecular weight excluding hydrogens is 277 g/mol. The van der Waals surface area contributed by atoms with Gasteiger partial charge in [-0.25, -0.2) is 4.79 Å². The minimum atomic E-state index is -5.23. The molecule has 98 valence electrons. The second-order valence-corrected chi connectivity index (χ2v) is 3.45. The van der Waals surface area contributed by atoms with Crippen LogP contribution >= 0.6 is 11.6 Å². The van der Waals surface area contributed by atoms with Crippen LogP contribution < -0.4 is 10.5 Å². The van der Waals surface area contributed by atoms with Gasteiger partial charge in [-0.1, -0.05) is 11.6 Å². The maximum Gasteiger partial charge on any atom is 0.491 e. The van der Waals surface area contributed by atoms with Crippen molar-refractivity contribution in [2.45, 2.75) is 6.18 Å². The van der Waals surface area contributed by atoms with Crippen molar-refractivity contribution in [1.29, 1.82) is 5.41 Å². The molecule has 1 aromatic rings.